The molecule has 124 valence electrons. The molecule has 23 heavy (non-hydrogen) atoms. The Labute approximate surface area is 136 Å². The van der Waals surface area contributed by atoms with Gasteiger partial charge in [0.25, 0.3) is 0 Å². The van der Waals surface area contributed by atoms with Gasteiger partial charge in [-0.2, -0.15) is 5.21 Å². The van der Waals surface area contributed by atoms with Gasteiger partial charge in [-0.1, -0.05) is 5.21 Å². The molecule has 0 spiro atoms. The van der Waals surface area contributed by atoms with Crippen molar-refractivity contribution in [3.05, 3.63) is 5.82 Å². The van der Waals surface area contributed by atoms with Crippen LogP contribution in [0.5, 0.6) is 0 Å². The molecule has 2 heterocycles. The summed E-state index contributed by atoms with van der Waals surface area (Å²) in [4.78, 5) is 15.4. The molecule has 5 fully saturated rings. The van der Waals surface area contributed by atoms with Crippen molar-refractivity contribution in [3.8, 4) is 0 Å². The van der Waals surface area contributed by atoms with Crippen LogP contribution in [0.3, 0.4) is 0 Å². The molecule has 1 N–H and O–H groups in total. The van der Waals surface area contributed by atoms with Gasteiger partial charge in [0, 0.05) is 24.9 Å². The number of carbonyl (C=O) groups excluding carboxylic acids is 1. The smallest absolute Gasteiger partial charge is 0.226 e. The maximum Gasteiger partial charge on any atom is 0.226 e. The number of aromatic nitrogens is 4. The van der Waals surface area contributed by atoms with Gasteiger partial charge in [0.15, 0.2) is 5.82 Å². The molecule has 4 aliphatic carbocycles. The first-order chi connectivity index (χ1) is 11.3. The van der Waals surface area contributed by atoms with Crippen LogP contribution in [0, 0.1) is 29.6 Å². The van der Waals surface area contributed by atoms with E-state index in [-0.39, 0.29) is 5.92 Å². The SMILES string of the molecule is O=C(C1C2CC3CC(C2)CC1C3)N1CCC[C@H](c2nn[nH]n2)C1. The summed E-state index contributed by atoms with van der Waals surface area (Å²) in [5.74, 6) is 4.97. The number of likely N-dealkylation sites (tertiary alicyclic amines) is 1. The highest BCUT2D eigenvalue weighted by Gasteiger charge is 2.51. The number of hydrogen-bond acceptors (Lipinski definition) is 4. The molecule has 1 atom stereocenters. The van der Waals surface area contributed by atoms with Crippen molar-refractivity contribution in [1.82, 2.24) is 25.5 Å². The number of H-pyrrole nitrogens is 1. The van der Waals surface area contributed by atoms with Crippen LogP contribution in [-0.2, 0) is 4.79 Å². The molecule has 1 aromatic heterocycles. The Balaban J connectivity index is 1.32. The fraction of sp³-hybridized carbons (Fsp3) is 0.882. The third-order valence-corrected chi connectivity index (χ3v) is 6.97. The zero-order valence-electron chi connectivity index (χ0n) is 13.5. The van der Waals surface area contributed by atoms with Crippen LogP contribution in [0.15, 0.2) is 0 Å². The molecule has 5 aliphatic rings. The third kappa shape index (κ3) is 2.29. The van der Waals surface area contributed by atoms with Crippen molar-refractivity contribution in [1.29, 1.82) is 0 Å². The molecule has 1 aliphatic heterocycles. The third-order valence-electron chi connectivity index (χ3n) is 6.97. The van der Waals surface area contributed by atoms with E-state index in [1.54, 1.807) is 0 Å². The second-order valence-electron chi connectivity index (χ2n) is 8.35. The monoisotopic (exact) mass is 315 g/mol. The van der Waals surface area contributed by atoms with Crippen molar-refractivity contribution in [2.45, 2.75) is 50.9 Å². The lowest BCUT2D eigenvalue weighted by Crippen LogP contribution is -2.53. The van der Waals surface area contributed by atoms with Crippen LogP contribution in [0.2, 0.25) is 0 Å². The lowest BCUT2D eigenvalue weighted by Gasteiger charge is -2.54. The van der Waals surface area contributed by atoms with E-state index in [2.05, 4.69) is 25.5 Å². The molecule has 4 bridgehead atoms. The van der Waals surface area contributed by atoms with Crippen molar-refractivity contribution in [3.63, 3.8) is 0 Å². The summed E-state index contributed by atoms with van der Waals surface area (Å²) in [6.45, 7) is 1.69. The second kappa shape index (κ2) is 5.28. The summed E-state index contributed by atoms with van der Waals surface area (Å²) in [5, 5.41) is 14.5. The van der Waals surface area contributed by atoms with E-state index in [1.807, 2.05) is 0 Å². The maximum atomic E-state index is 13.3. The Hall–Kier alpha value is -1.46. The highest BCUT2D eigenvalue weighted by atomic mass is 16.2. The van der Waals surface area contributed by atoms with E-state index < -0.39 is 0 Å². The highest BCUT2D eigenvalue weighted by Crippen LogP contribution is 2.57. The Morgan fingerprint density at radius 2 is 1.83 bits per heavy atom. The summed E-state index contributed by atoms with van der Waals surface area (Å²) in [5.41, 5.74) is 0. The summed E-state index contributed by atoms with van der Waals surface area (Å²) < 4.78 is 0. The van der Waals surface area contributed by atoms with Crippen LogP contribution in [-0.4, -0.2) is 44.5 Å². The zero-order valence-corrected chi connectivity index (χ0v) is 13.5. The van der Waals surface area contributed by atoms with Gasteiger partial charge < -0.3 is 4.90 Å². The van der Waals surface area contributed by atoms with Gasteiger partial charge in [0.2, 0.25) is 5.91 Å². The summed E-state index contributed by atoms with van der Waals surface area (Å²) in [6.07, 6.45) is 8.80. The van der Waals surface area contributed by atoms with E-state index in [1.165, 1.54) is 32.1 Å². The van der Waals surface area contributed by atoms with Crippen LogP contribution in [0.1, 0.15) is 56.7 Å². The normalized spacial score (nSPS) is 42.2. The summed E-state index contributed by atoms with van der Waals surface area (Å²) in [6, 6.07) is 0. The first-order valence-electron chi connectivity index (χ1n) is 9.30. The number of rotatable bonds is 2. The van der Waals surface area contributed by atoms with Crippen molar-refractivity contribution >= 4 is 5.91 Å². The lowest BCUT2D eigenvalue weighted by atomic mass is 9.51. The maximum absolute atomic E-state index is 13.3. The number of piperidine rings is 1. The minimum Gasteiger partial charge on any atom is -0.342 e. The molecular weight excluding hydrogens is 290 g/mol. The van der Waals surface area contributed by atoms with Gasteiger partial charge in [-0.3, -0.25) is 4.79 Å². The Kier molecular flexibility index (Phi) is 3.20. The molecule has 6 heteroatoms. The first-order valence-corrected chi connectivity index (χ1v) is 9.30. The average Bonchev–Trinajstić information content (AvgIpc) is 3.08. The molecule has 0 unspecified atom stereocenters. The molecule has 6 rings (SSSR count). The molecule has 0 radical (unpaired) electrons. The van der Waals surface area contributed by atoms with Gasteiger partial charge in [0.1, 0.15) is 0 Å². The van der Waals surface area contributed by atoms with Gasteiger partial charge in [-0.25, -0.2) is 0 Å². The van der Waals surface area contributed by atoms with E-state index in [9.17, 15) is 4.79 Å². The largest absolute Gasteiger partial charge is 0.342 e. The molecule has 6 nitrogen and oxygen atoms in total. The fourth-order valence-corrected chi connectivity index (χ4v) is 6.27. The summed E-state index contributed by atoms with van der Waals surface area (Å²) in [7, 11) is 0. The minimum absolute atomic E-state index is 0.253. The molecule has 0 aromatic carbocycles. The van der Waals surface area contributed by atoms with Gasteiger partial charge in [-0.15, -0.1) is 10.2 Å². The van der Waals surface area contributed by atoms with Crippen LogP contribution < -0.4 is 0 Å². The van der Waals surface area contributed by atoms with Crippen molar-refractivity contribution in [2.75, 3.05) is 13.1 Å². The molecule has 1 amide bonds. The van der Waals surface area contributed by atoms with Gasteiger partial charge in [-0.05, 0) is 68.6 Å². The number of amides is 1. The van der Waals surface area contributed by atoms with Crippen LogP contribution in [0.25, 0.3) is 0 Å². The highest BCUT2D eigenvalue weighted by molar-refractivity contribution is 5.80. The van der Waals surface area contributed by atoms with E-state index in [0.29, 0.717) is 23.7 Å². The predicted molar refractivity (Wildman–Crippen MR) is 83.3 cm³/mol. The van der Waals surface area contributed by atoms with E-state index >= 15 is 0 Å². The Morgan fingerprint density at radius 3 is 2.48 bits per heavy atom. The second-order valence-corrected chi connectivity index (χ2v) is 8.35. The number of tetrazole rings is 1. The first kappa shape index (κ1) is 13.9. The topological polar surface area (TPSA) is 74.8 Å². The fourth-order valence-electron chi connectivity index (χ4n) is 6.27. The Morgan fingerprint density at radius 1 is 1.09 bits per heavy atom. The Bertz CT molecular complexity index is 558. The van der Waals surface area contributed by atoms with E-state index in [4.69, 9.17) is 0 Å². The molecule has 1 aromatic rings. The molecule has 4 saturated carbocycles. The number of carbonyl (C=O) groups is 1. The number of aromatic amines is 1. The number of nitrogens with zero attached hydrogens (tertiary/aromatic N) is 4. The molecular formula is C17H25N5O. The van der Waals surface area contributed by atoms with Crippen molar-refractivity contribution in [2.24, 2.45) is 29.6 Å². The standard InChI is InChI=1S/C17H25N5O/c23-17(15-13-5-10-4-11(7-13)8-14(15)6-10)22-3-1-2-12(9-22)16-18-20-21-19-16/h10-15H,1-9H2,(H,18,19,20,21)/t10?,11?,12-,13?,14?,15?/m0/s1. The quantitative estimate of drug-likeness (QED) is 0.905. The number of hydrogen-bond donors (Lipinski definition) is 1. The summed E-state index contributed by atoms with van der Waals surface area (Å²) >= 11 is 0. The number of nitrogens with one attached hydrogen (secondary N) is 1. The predicted octanol–water partition coefficient (Wildman–Crippen LogP) is 1.98. The van der Waals surface area contributed by atoms with Crippen LogP contribution >= 0.6 is 0 Å². The minimum atomic E-state index is 0.253. The van der Waals surface area contributed by atoms with E-state index in [0.717, 1.165) is 43.6 Å². The van der Waals surface area contributed by atoms with Crippen LogP contribution in [0.4, 0.5) is 0 Å². The average molecular weight is 315 g/mol. The molecule has 1 saturated heterocycles. The van der Waals surface area contributed by atoms with Gasteiger partial charge >= 0.3 is 0 Å². The lowest BCUT2D eigenvalue weighted by molar-refractivity contribution is -0.150. The zero-order chi connectivity index (χ0) is 15.4. The van der Waals surface area contributed by atoms with Gasteiger partial charge in [0.05, 0.1) is 0 Å². The van der Waals surface area contributed by atoms with Crippen molar-refractivity contribution < 1.29 is 4.79 Å².